The first kappa shape index (κ1) is 21.6. The summed E-state index contributed by atoms with van der Waals surface area (Å²) in [5.41, 5.74) is 3.04. The fourth-order valence-electron chi connectivity index (χ4n) is 3.38. The van der Waals surface area contributed by atoms with Gasteiger partial charge in [-0.05, 0) is 68.1 Å². The molecule has 156 valence electrons. The average molecular weight is 437 g/mol. The highest BCUT2D eigenvalue weighted by Gasteiger charge is 2.32. The number of aryl methyl sites for hydroxylation is 2. The number of nitrogens with one attached hydrogen (secondary N) is 1. The van der Waals surface area contributed by atoms with Crippen LogP contribution in [0.4, 0.5) is 5.69 Å². The molecule has 3 rings (SSSR count). The molecule has 2 aromatic carbocycles. The first-order chi connectivity index (χ1) is 13.7. The van der Waals surface area contributed by atoms with Crippen molar-refractivity contribution in [2.75, 3.05) is 25.5 Å². The van der Waals surface area contributed by atoms with Crippen LogP contribution in [0.15, 0.2) is 41.3 Å². The molecule has 0 atom stereocenters. The largest absolute Gasteiger partial charge is 0.495 e. The van der Waals surface area contributed by atoms with Gasteiger partial charge >= 0.3 is 0 Å². The van der Waals surface area contributed by atoms with Crippen LogP contribution in [-0.2, 0) is 14.8 Å². The lowest BCUT2D eigenvalue weighted by atomic mass is 9.97. The molecule has 8 heteroatoms. The van der Waals surface area contributed by atoms with Gasteiger partial charge in [0.25, 0.3) is 0 Å². The summed E-state index contributed by atoms with van der Waals surface area (Å²) in [5.74, 6) is 0.132. The van der Waals surface area contributed by atoms with Gasteiger partial charge in [0.05, 0.1) is 17.0 Å². The fraction of sp³-hybridized carbons (Fsp3) is 0.381. The molecule has 0 spiro atoms. The van der Waals surface area contributed by atoms with Crippen LogP contribution in [0, 0.1) is 19.8 Å². The molecule has 1 fully saturated rings. The number of benzene rings is 2. The SMILES string of the molecule is COc1ccc(S(=O)(=O)N2CCC(C(=O)Nc3ccc(C)c(C)c3)CC2)cc1Cl. The quantitative estimate of drug-likeness (QED) is 0.768. The van der Waals surface area contributed by atoms with Crippen molar-refractivity contribution >= 4 is 33.2 Å². The van der Waals surface area contributed by atoms with Gasteiger partial charge in [-0.1, -0.05) is 17.7 Å². The normalized spacial score (nSPS) is 15.9. The second-order valence-electron chi connectivity index (χ2n) is 7.26. The third kappa shape index (κ3) is 4.74. The summed E-state index contributed by atoms with van der Waals surface area (Å²) >= 11 is 6.08. The Kier molecular flexibility index (Phi) is 6.51. The minimum Gasteiger partial charge on any atom is -0.495 e. The number of hydrogen-bond acceptors (Lipinski definition) is 4. The average Bonchev–Trinajstić information content (AvgIpc) is 2.70. The summed E-state index contributed by atoms with van der Waals surface area (Å²) in [6.07, 6.45) is 0.944. The Morgan fingerprint density at radius 2 is 1.79 bits per heavy atom. The standard InChI is InChI=1S/C21H25ClN2O4S/c1-14-4-5-17(12-15(14)2)23-21(25)16-8-10-24(11-9-16)29(26,27)18-6-7-20(28-3)19(22)13-18/h4-7,12-13,16H,8-11H2,1-3H3,(H,23,25). The van der Waals surface area contributed by atoms with E-state index in [0.717, 1.165) is 11.3 Å². The summed E-state index contributed by atoms with van der Waals surface area (Å²) < 4.78 is 32.3. The molecule has 29 heavy (non-hydrogen) atoms. The second-order valence-corrected chi connectivity index (χ2v) is 9.61. The van der Waals surface area contributed by atoms with Crippen LogP contribution in [0.3, 0.4) is 0 Å². The Morgan fingerprint density at radius 3 is 2.38 bits per heavy atom. The number of sulfonamides is 1. The van der Waals surface area contributed by atoms with Gasteiger partial charge < -0.3 is 10.1 Å². The van der Waals surface area contributed by atoms with E-state index in [1.54, 1.807) is 6.07 Å². The fourth-order valence-corrected chi connectivity index (χ4v) is 5.20. The van der Waals surface area contributed by atoms with Crippen LogP contribution >= 0.6 is 11.6 Å². The van der Waals surface area contributed by atoms with Crippen molar-refractivity contribution in [1.29, 1.82) is 0 Å². The number of anilines is 1. The zero-order valence-electron chi connectivity index (χ0n) is 16.7. The maximum Gasteiger partial charge on any atom is 0.243 e. The van der Waals surface area contributed by atoms with Crippen molar-refractivity contribution in [3.05, 3.63) is 52.5 Å². The first-order valence-corrected chi connectivity index (χ1v) is 11.3. The lowest BCUT2D eigenvalue weighted by molar-refractivity contribution is -0.120. The van der Waals surface area contributed by atoms with Crippen LogP contribution in [0.2, 0.25) is 5.02 Å². The van der Waals surface area contributed by atoms with Gasteiger partial charge in [0.15, 0.2) is 0 Å². The molecule has 1 amide bonds. The molecular formula is C21H25ClN2O4S. The van der Waals surface area contributed by atoms with Crippen molar-refractivity contribution in [2.45, 2.75) is 31.6 Å². The predicted octanol–water partition coefficient (Wildman–Crippen LogP) is 4.00. The van der Waals surface area contributed by atoms with E-state index in [9.17, 15) is 13.2 Å². The number of carbonyl (C=O) groups excluding carboxylic acids is 1. The van der Waals surface area contributed by atoms with Crippen LogP contribution in [0.25, 0.3) is 0 Å². The van der Waals surface area contributed by atoms with E-state index >= 15 is 0 Å². The molecule has 6 nitrogen and oxygen atoms in total. The van der Waals surface area contributed by atoms with Gasteiger partial charge in [0.2, 0.25) is 15.9 Å². The third-order valence-electron chi connectivity index (χ3n) is 5.36. The van der Waals surface area contributed by atoms with Crippen LogP contribution in [0.5, 0.6) is 5.75 Å². The number of halogens is 1. The van der Waals surface area contributed by atoms with E-state index in [1.807, 2.05) is 32.0 Å². The Morgan fingerprint density at radius 1 is 1.10 bits per heavy atom. The van der Waals surface area contributed by atoms with Crippen molar-refractivity contribution in [3.63, 3.8) is 0 Å². The molecular weight excluding hydrogens is 412 g/mol. The second kappa shape index (κ2) is 8.73. The number of rotatable bonds is 5. The van der Waals surface area contributed by atoms with Gasteiger partial charge in [-0.3, -0.25) is 4.79 Å². The number of carbonyl (C=O) groups is 1. The maximum absolute atomic E-state index is 12.9. The molecule has 1 aliphatic heterocycles. The van der Waals surface area contributed by atoms with Crippen LogP contribution in [-0.4, -0.2) is 38.8 Å². The first-order valence-electron chi connectivity index (χ1n) is 9.44. The minimum atomic E-state index is -3.67. The van der Waals surface area contributed by atoms with E-state index in [-0.39, 0.29) is 34.8 Å². The highest BCUT2D eigenvalue weighted by atomic mass is 35.5. The lowest BCUT2D eigenvalue weighted by Crippen LogP contribution is -2.41. The van der Waals surface area contributed by atoms with Crippen molar-refractivity contribution in [1.82, 2.24) is 4.31 Å². The number of piperidine rings is 1. The molecule has 0 aliphatic carbocycles. The van der Waals surface area contributed by atoms with Crippen LogP contribution < -0.4 is 10.1 Å². The maximum atomic E-state index is 12.9. The molecule has 1 saturated heterocycles. The smallest absolute Gasteiger partial charge is 0.243 e. The lowest BCUT2D eigenvalue weighted by Gasteiger charge is -2.30. The molecule has 0 saturated carbocycles. The van der Waals surface area contributed by atoms with Gasteiger partial charge in [-0.2, -0.15) is 4.31 Å². The van der Waals surface area contributed by atoms with Crippen molar-refractivity contribution in [2.24, 2.45) is 5.92 Å². The van der Waals surface area contributed by atoms with Gasteiger partial charge in [-0.15, -0.1) is 0 Å². The molecule has 1 N–H and O–H groups in total. The number of methoxy groups -OCH3 is 1. The summed E-state index contributed by atoms with van der Waals surface area (Å²) in [6, 6.07) is 10.2. The monoisotopic (exact) mass is 436 g/mol. The van der Waals surface area contributed by atoms with E-state index in [2.05, 4.69) is 5.32 Å². The molecule has 0 radical (unpaired) electrons. The van der Waals surface area contributed by atoms with E-state index < -0.39 is 10.0 Å². The molecule has 1 aliphatic rings. The van der Waals surface area contributed by atoms with Gasteiger partial charge in [0, 0.05) is 24.7 Å². The van der Waals surface area contributed by atoms with E-state index in [1.165, 1.54) is 29.1 Å². The number of nitrogens with zero attached hydrogens (tertiary/aromatic N) is 1. The van der Waals surface area contributed by atoms with E-state index in [4.69, 9.17) is 16.3 Å². The zero-order chi connectivity index (χ0) is 21.2. The van der Waals surface area contributed by atoms with Gasteiger partial charge in [0.1, 0.15) is 5.75 Å². The summed E-state index contributed by atoms with van der Waals surface area (Å²) in [4.78, 5) is 12.7. The van der Waals surface area contributed by atoms with Gasteiger partial charge in [-0.25, -0.2) is 8.42 Å². The molecule has 0 bridgehead atoms. The highest BCUT2D eigenvalue weighted by molar-refractivity contribution is 7.89. The van der Waals surface area contributed by atoms with Crippen molar-refractivity contribution in [3.8, 4) is 5.75 Å². The van der Waals surface area contributed by atoms with Crippen molar-refractivity contribution < 1.29 is 17.9 Å². The Hall–Kier alpha value is -2.09. The van der Waals surface area contributed by atoms with E-state index in [0.29, 0.717) is 18.6 Å². The number of ether oxygens (including phenoxy) is 1. The minimum absolute atomic E-state index is 0.0715. The number of amides is 1. The molecule has 0 aromatic heterocycles. The Labute approximate surface area is 176 Å². The topological polar surface area (TPSA) is 75.7 Å². The Bertz CT molecular complexity index is 1020. The molecule has 0 unspecified atom stereocenters. The Balaban J connectivity index is 1.64. The third-order valence-corrected chi connectivity index (χ3v) is 7.55. The molecule has 1 heterocycles. The summed E-state index contributed by atoms with van der Waals surface area (Å²) in [7, 11) is -2.19. The predicted molar refractivity (Wildman–Crippen MR) is 114 cm³/mol. The number of hydrogen-bond donors (Lipinski definition) is 1. The zero-order valence-corrected chi connectivity index (χ0v) is 18.3. The highest BCUT2D eigenvalue weighted by Crippen LogP contribution is 2.30. The summed E-state index contributed by atoms with van der Waals surface area (Å²) in [6.45, 7) is 4.60. The van der Waals surface area contributed by atoms with Crippen LogP contribution in [0.1, 0.15) is 24.0 Å². The summed E-state index contributed by atoms with van der Waals surface area (Å²) in [5, 5.41) is 3.19. The molecule has 2 aromatic rings.